The van der Waals surface area contributed by atoms with Crippen LogP contribution in [-0.2, 0) is 27.9 Å². The summed E-state index contributed by atoms with van der Waals surface area (Å²) in [7, 11) is 1.35. The van der Waals surface area contributed by atoms with Crippen LogP contribution >= 0.6 is 7.82 Å². The Balaban J connectivity index is 4.21. The number of phosphoric acid groups is 1. The molecular weight excluding hydrogens is 734 g/mol. The number of carbonyl (C=O) groups is 1. The number of allylic oxidation sites excluding steroid dienone is 6. The van der Waals surface area contributed by atoms with Crippen molar-refractivity contribution < 1.29 is 37.3 Å². The number of esters is 1. The highest BCUT2D eigenvalue weighted by Gasteiger charge is 2.20. The van der Waals surface area contributed by atoms with E-state index >= 15 is 0 Å². The third-order valence-corrected chi connectivity index (χ3v) is 11.1. The average molecular weight is 826 g/mol. The number of phosphoric ester groups is 1. The van der Waals surface area contributed by atoms with Crippen LogP contribution < -0.4 is 4.89 Å². The van der Waals surface area contributed by atoms with Gasteiger partial charge in [0.15, 0.2) is 0 Å². The molecule has 2 unspecified atom stereocenters. The third-order valence-electron chi connectivity index (χ3n) is 10.2. The number of hydrogen-bond donors (Lipinski definition) is 0. The molecule has 0 saturated carbocycles. The maximum Gasteiger partial charge on any atom is 0.306 e. The number of rotatable bonds is 44. The van der Waals surface area contributed by atoms with Crippen LogP contribution in [0.2, 0.25) is 0 Å². The highest BCUT2D eigenvalue weighted by Crippen LogP contribution is 2.38. The van der Waals surface area contributed by atoms with Crippen LogP contribution in [-0.4, -0.2) is 70.7 Å². The van der Waals surface area contributed by atoms with E-state index in [1.807, 2.05) is 21.1 Å². The molecule has 0 radical (unpaired) electrons. The SMILES string of the molecule is CCCCCC/C=C\C/C=C\CCCCCCCCCCOCC(COP(=O)([O-])OCC[N+](C)(C)C)OC(=O)CCCCCCC/C=C\CCCCCCCCC. The van der Waals surface area contributed by atoms with E-state index in [9.17, 15) is 14.3 Å². The second kappa shape index (κ2) is 41.5. The first-order valence-corrected chi connectivity index (χ1v) is 25.2. The summed E-state index contributed by atoms with van der Waals surface area (Å²) in [6.07, 6.45) is 48.7. The zero-order valence-corrected chi connectivity index (χ0v) is 38.9. The number of quaternary nitrogens is 1. The summed E-state index contributed by atoms with van der Waals surface area (Å²) in [4.78, 5) is 25.1. The van der Waals surface area contributed by atoms with Crippen molar-refractivity contribution in [2.45, 2.75) is 213 Å². The average Bonchev–Trinajstić information content (AvgIpc) is 3.16. The molecule has 8 nitrogen and oxygen atoms in total. The van der Waals surface area contributed by atoms with Crippen molar-refractivity contribution >= 4 is 13.8 Å². The first-order chi connectivity index (χ1) is 27.6. The maximum absolute atomic E-state index is 12.7. The molecular formula is C48H92NO7P. The molecule has 0 rings (SSSR count). The van der Waals surface area contributed by atoms with Crippen LogP contribution in [0.25, 0.3) is 0 Å². The lowest BCUT2D eigenvalue weighted by molar-refractivity contribution is -0.870. The Hall–Kier alpha value is -1.28. The third kappa shape index (κ3) is 45.7. The Kier molecular flexibility index (Phi) is 40.5. The minimum atomic E-state index is -4.53. The second-order valence-corrected chi connectivity index (χ2v) is 18.5. The molecule has 9 heteroatoms. The van der Waals surface area contributed by atoms with Gasteiger partial charge in [-0.25, -0.2) is 0 Å². The molecule has 57 heavy (non-hydrogen) atoms. The van der Waals surface area contributed by atoms with Gasteiger partial charge >= 0.3 is 5.97 Å². The highest BCUT2D eigenvalue weighted by molar-refractivity contribution is 7.45. The lowest BCUT2D eigenvalue weighted by Gasteiger charge is -2.28. The summed E-state index contributed by atoms with van der Waals surface area (Å²) < 4.78 is 34.6. The number of hydrogen-bond acceptors (Lipinski definition) is 7. The molecule has 2 atom stereocenters. The predicted octanol–water partition coefficient (Wildman–Crippen LogP) is 13.5. The minimum absolute atomic E-state index is 0.0233. The van der Waals surface area contributed by atoms with Crippen LogP contribution in [0, 0.1) is 0 Å². The van der Waals surface area contributed by atoms with E-state index in [-0.39, 0.29) is 25.8 Å². The molecule has 0 aromatic heterocycles. The summed E-state index contributed by atoms with van der Waals surface area (Å²) in [5.74, 6) is -0.344. The van der Waals surface area contributed by atoms with E-state index in [4.69, 9.17) is 18.5 Å². The van der Waals surface area contributed by atoms with Gasteiger partial charge in [0.05, 0.1) is 34.4 Å². The summed E-state index contributed by atoms with van der Waals surface area (Å²) in [6, 6.07) is 0. The van der Waals surface area contributed by atoms with Gasteiger partial charge in [-0.3, -0.25) is 9.36 Å². The van der Waals surface area contributed by atoms with Crippen LogP contribution in [0.1, 0.15) is 206 Å². The Labute approximate surface area is 353 Å². The molecule has 0 aromatic carbocycles. The summed E-state index contributed by atoms with van der Waals surface area (Å²) in [5, 5.41) is 0. The number of ether oxygens (including phenoxy) is 2. The highest BCUT2D eigenvalue weighted by atomic mass is 31.2. The molecule has 0 N–H and O–H groups in total. The van der Waals surface area contributed by atoms with Crippen molar-refractivity contribution in [1.29, 1.82) is 0 Å². The van der Waals surface area contributed by atoms with Gasteiger partial charge in [-0.05, 0) is 70.6 Å². The Morgan fingerprint density at radius 1 is 0.544 bits per heavy atom. The Morgan fingerprint density at radius 2 is 0.965 bits per heavy atom. The zero-order chi connectivity index (χ0) is 42.0. The van der Waals surface area contributed by atoms with Crippen molar-refractivity contribution in [2.24, 2.45) is 0 Å². The van der Waals surface area contributed by atoms with E-state index < -0.39 is 13.9 Å². The minimum Gasteiger partial charge on any atom is -0.756 e. The molecule has 0 aliphatic carbocycles. The lowest BCUT2D eigenvalue weighted by Crippen LogP contribution is -2.37. The van der Waals surface area contributed by atoms with Gasteiger partial charge < -0.3 is 27.9 Å². The Bertz CT molecular complexity index is 1010. The summed E-state index contributed by atoms with van der Waals surface area (Å²) >= 11 is 0. The van der Waals surface area contributed by atoms with Crippen molar-refractivity contribution in [1.82, 2.24) is 0 Å². The smallest absolute Gasteiger partial charge is 0.306 e. The Morgan fingerprint density at radius 3 is 1.46 bits per heavy atom. The fourth-order valence-corrected chi connectivity index (χ4v) is 7.18. The van der Waals surface area contributed by atoms with E-state index in [0.717, 1.165) is 51.4 Å². The fourth-order valence-electron chi connectivity index (χ4n) is 6.45. The van der Waals surface area contributed by atoms with Gasteiger partial charge in [0.2, 0.25) is 0 Å². The van der Waals surface area contributed by atoms with E-state index in [2.05, 4.69) is 50.3 Å². The first-order valence-electron chi connectivity index (χ1n) is 23.7. The van der Waals surface area contributed by atoms with Gasteiger partial charge in [0, 0.05) is 13.0 Å². The number of likely N-dealkylation sites (N-methyl/N-ethyl adjacent to an activating group) is 1. The maximum atomic E-state index is 12.7. The van der Waals surface area contributed by atoms with Crippen molar-refractivity contribution in [2.75, 3.05) is 54.1 Å². The summed E-state index contributed by atoms with van der Waals surface area (Å²) in [5.41, 5.74) is 0. The molecule has 0 aromatic rings. The van der Waals surface area contributed by atoms with Crippen LogP contribution in [0.5, 0.6) is 0 Å². The number of carbonyl (C=O) groups excluding carboxylic acids is 1. The first kappa shape index (κ1) is 55.7. The van der Waals surface area contributed by atoms with Gasteiger partial charge in [0.1, 0.15) is 19.3 Å². The topological polar surface area (TPSA) is 94.1 Å². The van der Waals surface area contributed by atoms with Gasteiger partial charge in [-0.2, -0.15) is 0 Å². The monoisotopic (exact) mass is 826 g/mol. The quantitative estimate of drug-likeness (QED) is 0.0198. The van der Waals surface area contributed by atoms with Crippen molar-refractivity contribution in [3.05, 3.63) is 36.5 Å². The summed E-state index contributed by atoms with van der Waals surface area (Å²) in [6.45, 7) is 5.39. The molecule has 0 aliphatic rings. The molecule has 0 heterocycles. The molecule has 0 spiro atoms. The van der Waals surface area contributed by atoms with E-state index in [1.54, 1.807) is 0 Å². The number of unbranched alkanes of at least 4 members (excludes halogenated alkanes) is 24. The van der Waals surface area contributed by atoms with Gasteiger partial charge in [-0.15, -0.1) is 0 Å². The van der Waals surface area contributed by atoms with Crippen LogP contribution in [0.3, 0.4) is 0 Å². The molecule has 0 aliphatic heterocycles. The molecule has 336 valence electrons. The van der Waals surface area contributed by atoms with Crippen LogP contribution in [0.4, 0.5) is 0 Å². The lowest BCUT2D eigenvalue weighted by atomic mass is 10.1. The molecule has 0 bridgehead atoms. The predicted molar refractivity (Wildman–Crippen MR) is 240 cm³/mol. The molecule has 0 fully saturated rings. The second-order valence-electron chi connectivity index (χ2n) is 17.1. The fraction of sp³-hybridized carbons (Fsp3) is 0.854. The van der Waals surface area contributed by atoms with Crippen molar-refractivity contribution in [3.8, 4) is 0 Å². The van der Waals surface area contributed by atoms with E-state index in [1.165, 1.54) is 135 Å². The van der Waals surface area contributed by atoms with Gasteiger partial charge in [-0.1, -0.05) is 166 Å². The zero-order valence-electron chi connectivity index (χ0n) is 38.0. The van der Waals surface area contributed by atoms with E-state index in [0.29, 0.717) is 24.1 Å². The standard InChI is InChI=1S/C48H92NO7P/c1-6-8-10-12-14-16-18-20-22-24-25-26-28-30-32-34-36-38-40-43-53-45-47(46-55-57(51,52)54-44-42-49(3,4)5)56-48(50)41-39-37-35-33-31-29-27-23-21-19-17-15-13-11-9-7-2/h16,18,22-24,27,47H,6-15,17,19-21,25-26,28-46H2,1-5H3/b18-16-,24-22-,27-23-. The normalized spacial score (nSPS) is 14.0. The largest absolute Gasteiger partial charge is 0.756 e. The molecule has 0 saturated heterocycles. The number of nitrogens with zero attached hydrogens (tertiary/aromatic N) is 1. The van der Waals surface area contributed by atoms with Crippen molar-refractivity contribution in [3.63, 3.8) is 0 Å². The molecule has 0 amide bonds. The van der Waals surface area contributed by atoms with Crippen LogP contribution in [0.15, 0.2) is 36.5 Å². The van der Waals surface area contributed by atoms with Gasteiger partial charge in [0.25, 0.3) is 7.82 Å².